The molecule has 1 N–H and O–H groups in total. The zero-order chi connectivity index (χ0) is 12.1. The van der Waals surface area contributed by atoms with Crippen LogP contribution in [0.25, 0.3) is 0 Å². The molecule has 3 atom stereocenters. The van der Waals surface area contributed by atoms with Crippen molar-refractivity contribution in [1.82, 2.24) is 5.32 Å². The summed E-state index contributed by atoms with van der Waals surface area (Å²) in [7, 11) is 0. The summed E-state index contributed by atoms with van der Waals surface area (Å²) in [4.78, 5) is 0. The van der Waals surface area contributed by atoms with Gasteiger partial charge in [-0.15, -0.1) is 0 Å². The van der Waals surface area contributed by atoms with Crippen molar-refractivity contribution in [3.63, 3.8) is 0 Å². The predicted octanol–water partition coefficient (Wildman–Crippen LogP) is 4.23. The molecule has 16 heavy (non-hydrogen) atoms. The van der Waals surface area contributed by atoms with E-state index in [-0.39, 0.29) is 0 Å². The first kappa shape index (κ1) is 14.0. The molecular formula is C15H31N. The summed E-state index contributed by atoms with van der Waals surface area (Å²) < 4.78 is 0. The van der Waals surface area contributed by atoms with E-state index in [1.165, 1.54) is 32.1 Å². The van der Waals surface area contributed by atoms with Crippen LogP contribution in [0, 0.1) is 17.8 Å². The van der Waals surface area contributed by atoms with Crippen LogP contribution in [0.1, 0.15) is 66.7 Å². The van der Waals surface area contributed by atoms with E-state index >= 15 is 0 Å². The summed E-state index contributed by atoms with van der Waals surface area (Å²) in [6.07, 6.45) is 7.13. The Hall–Kier alpha value is -0.0400. The molecule has 0 aliphatic heterocycles. The van der Waals surface area contributed by atoms with Gasteiger partial charge in [-0.05, 0) is 43.9 Å². The van der Waals surface area contributed by atoms with Crippen molar-refractivity contribution in [3.8, 4) is 0 Å². The largest absolute Gasteiger partial charge is 0.311 e. The maximum atomic E-state index is 3.82. The van der Waals surface area contributed by atoms with Crippen molar-refractivity contribution in [1.29, 1.82) is 0 Å². The lowest BCUT2D eigenvalue weighted by Crippen LogP contribution is -2.42. The molecule has 1 aliphatic rings. The molecule has 1 fully saturated rings. The maximum Gasteiger partial charge on any atom is 0.00722 e. The quantitative estimate of drug-likeness (QED) is 0.738. The predicted molar refractivity (Wildman–Crippen MR) is 72.6 cm³/mol. The Bertz CT molecular complexity index is 186. The smallest absolute Gasteiger partial charge is 0.00722 e. The molecule has 0 spiro atoms. The van der Waals surface area contributed by atoms with Gasteiger partial charge in [0.15, 0.2) is 0 Å². The Balaban J connectivity index is 2.32. The van der Waals surface area contributed by atoms with Gasteiger partial charge in [-0.1, -0.05) is 40.5 Å². The fraction of sp³-hybridized carbons (Fsp3) is 1.00. The molecule has 0 radical (unpaired) electrons. The molecule has 0 heterocycles. The van der Waals surface area contributed by atoms with Gasteiger partial charge in [-0.2, -0.15) is 0 Å². The van der Waals surface area contributed by atoms with Crippen LogP contribution in [0.4, 0.5) is 0 Å². The first-order valence-electron chi connectivity index (χ1n) is 7.25. The van der Waals surface area contributed by atoms with Crippen molar-refractivity contribution < 1.29 is 0 Å². The fourth-order valence-electron chi connectivity index (χ4n) is 2.89. The molecule has 1 rings (SSSR count). The van der Waals surface area contributed by atoms with E-state index in [0.717, 1.165) is 23.8 Å². The van der Waals surface area contributed by atoms with Gasteiger partial charge < -0.3 is 5.32 Å². The Morgan fingerprint density at radius 2 is 1.75 bits per heavy atom. The molecule has 0 amide bonds. The summed E-state index contributed by atoms with van der Waals surface area (Å²) in [5.74, 6) is 2.60. The van der Waals surface area contributed by atoms with Gasteiger partial charge in [0.2, 0.25) is 0 Å². The van der Waals surface area contributed by atoms with Crippen molar-refractivity contribution in [2.75, 3.05) is 0 Å². The maximum absolute atomic E-state index is 3.82. The first-order chi connectivity index (χ1) is 7.49. The number of hydrogen-bond acceptors (Lipinski definition) is 1. The van der Waals surface area contributed by atoms with Crippen LogP contribution < -0.4 is 5.32 Å². The standard InChI is InChI=1S/C15H31N/c1-11(2)9-14-7-6-8-15(10-14)16-13(5)12(3)4/h11-16H,6-10H2,1-5H3. The Morgan fingerprint density at radius 3 is 2.31 bits per heavy atom. The molecule has 96 valence electrons. The van der Waals surface area contributed by atoms with Gasteiger partial charge in [0.1, 0.15) is 0 Å². The van der Waals surface area contributed by atoms with Crippen molar-refractivity contribution in [3.05, 3.63) is 0 Å². The van der Waals surface area contributed by atoms with Crippen molar-refractivity contribution in [2.24, 2.45) is 17.8 Å². The molecule has 0 aromatic heterocycles. The molecule has 3 unspecified atom stereocenters. The number of hydrogen-bond donors (Lipinski definition) is 1. The average Bonchev–Trinajstić information content (AvgIpc) is 2.16. The zero-order valence-corrected chi connectivity index (χ0v) is 11.9. The second-order valence-corrected chi connectivity index (χ2v) is 6.56. The highest BCUT2D eigenvalue weighted by molar-refractivity contribution is 4.81. The Labute approximate surface area is 102 Å². The zero-order valence-electron chi connectivity index (χ0n) is 11.9. The summed E-state index contributed by atoms with van der Waals surface area (Å²) >= 11 is 0. The molecule has 0 aromatic rings. The summed E-state index contributed by atoms with van der Waals surface area (Å²) in [5, 5.41) is 3.82. The van der Waals surface area contributed by atoms with E-state index in [1.807, 2.05) is 0 Å². The van der Waals surface area contributed by atoms with Crippen LogP contribution in [-0.2, 0) is 0 Å². The van der Waals surface area contributed by atoms with E-state index in [9.17, 15) is 0 Å². The molecule has 1 aliphatic carbocycles. The van der Waals surface area contributed by atoms with E-state index in [1.54, 1.807) is 0 Å². The minimum absolute atomic E-state index is 0.669. The number of rotatable bonds is 5. The molecule has 0 bridgehead atoms. The van der Waals surface area contributed by atoms with Crippen molar-refractivity contribution >= 4 is 0 Å². The van der Waals surface area contributed by atoms with Crippen LogP contribution in [0.2, 0.25) is 0 Å². The third-order valence-corrected chi connectivity index (χ3v) is 4.09. The van der Waals surface area contributed by atoms with Crippen LogP contribution in [0.3, 0.4) is 0 Å². The Kier molecular flexibility index (Phi) is 5.82. The highest BCUT2D eigenvalue weighted by Gasteiger charge is 2.23. The number of nitrogens with one attached hydrogen (secondary N) is 1. The van der Waals surface area contributed by atoms with Gasteiger partial charge in [0, 0.05) is 12.1 Å². The van der Waals surface area contributed by atoms with E-state index in [2.05, 4.69) is 39.9 Å². The molecular weight excluding hydrogens is 194 g/mol. The van der Waals surface area contributed by atoms with Gasteiger partial charge in [-0.3, -0.25) is 0 Å². The van der Waals surface area contributed by atoms with Crippen LogP contribution in [0.15, 0.2) is 0 Å². The molecule has 0 saturated heterocycles. The third kappa shape index (κ3) is 4.86. The highest BCUT2D eigenvalue weighted by atomic mass is 14.9. The van der Waals surface area contributed by atoms with E-state index in [0.29, 0.717) is 6.04 Å². The van der Waals surface area contributed by atoms with Gasteiger partial charge >= 0.3 is 0 Å². The SMILES string of the molecule is CC(C)CC1CCCC(NC(C)C(C)C)C1. The average molecular weight is 225 g/mol. The Morgan fingerprint density at radius 1 is 1.06 bits per heavy atom. The van der Waals surface area contributed by atoms with E-state index < -0.39 is 0 Å². The molecule has 1 heteroatoms. The highest BCUT2D eigenvalue weighted by Crippen LogP contribution is 2.29. The van der Waals surface area contributed by atoms with Crippen LogP contribution >= 0.6 is 0 Å². The monoisotopic (exact) mass is 225 g/mol. The second kappa shape index (κ2) is 6.64. The molecule has 1 nitrogen and oxygen atoms in total. The normalized spacial score (nSPS) is 28.7. The topological polar surface area (TPSA) is 12.0 Å². The lowest BCUT2D eigenvalue weighted by atomic mass is 9.80. The molecule has 0 aromatic carbocycles. The van der Waals surface area contributed by atoms with E-state index in [4.69, 9.17) is 0 Å². The summed E-state index contributed by atoms with van der Waals surface area (Å²) in [6.45, 7) is 11.7. The minimum Gasteiger partial charge on any atom is -0.311 e. The van der Waals surface area contributed by atoms with Gasteiger partial charge in [-0.25, -0.2) is 0 Å². The van der Waals surface area contributed by atoms with Crippen molar-refractivity contribution in [2.45, 2.75) is 78.8 Å². The molecule has 1 saturated carbocycles. The summed E-state index contributed by atoms with van der Waals surface area (Å²) in [6, 6.07) is 1.46. The van der Waals surface area contributed by atoms with Crippen LogP contribution in [0.5, 0.6) is 0 Å². The lowest BCUT2D eigenvalue weighted by Gasteiger charge is -2.33. The van der Waals surface area contributed by atoms with Gasteiger partial charge in [0.25, 0.3) is 0 Å². The van der Waals surface area contributed by atoms with Gasteiger partial charge in [0.05, 0.1) is 0 Å². The summed E-state index contributed by atoms with van der Waals surface area (Å²) in [5.41, 5.74) is 0. The first-order valence-corrected chi connectivity index (χ1v) is 7.25. The lowest BCUT2D eigenvalue weighted by molar-refractivity contribution is 0.231. The third-order valence-electron chi connectivity index (χ3n) is 4.09. The minimum atomic E-state index is 0.669. The second-order valence-electron chi connectivity index (χ2n) is 6.56. The van der Waals surface area contributed by atoms with Crippen LogP contribution in [-0.4, -0.2) is 12.1 Å². The fourth-order valence-corrected chi connectivity index (χ4v) is 2.89.